The van der Waals surface area contributed by atoms with Crippen LogP contribution in [0.15, 0.2) is 18.2 Å². The van der Waals surface area contributed by atoms with Gasteiger partial charge in [0.05, 0.1) is 16.6 Å². The van der Waals surface area contributed by atoms with Gasteiger partial charge in [-0.1, -0.05) is 19.9 Å². The Morgan fingerprint density at radius 1 is 1.53 bits per heavy atom. The maximum atomic E-state index is 11.7. The van der Waals surface area contributed by atoms with Crippen molar-refractivity contribution in [3.63, 3.8) is 0 Å². The number of nitrogens with zero attached hydrogens (tertiary/aromatic N) is 2. The summed E-state index contributed by atoms with van der Waals surface area (Å²) in [6, 6.07) is 6.85. The standard InChI is InChI=1S/C13H14N4OS/c1-7(2)11(12(15)18)17-9-5-3-4-8(6-14)10(9)16-13(17)19/h3-5,7,11H,1-2H3,(H2,15,18)(H,16,19). The predicted molar refractivity (Wildman–Crippen MR) is 74.9 cm³/mol. The summed E-state index contributed by atoms with van der Waals surface area (Å²) in [5, 5.41) is 9.09. The minimum Gasteiger partial charge on any atom is -0.368 e. The first kappa shape index (κ1) is 13.3. The topological polar surface area (TPSA) is 87.6 Å². The van der Waals surface area contributed by atoms with E-state index in [-0.39, 0.29) is 5.92 Å². The van der Waals surface area contributed by atoms with E-state index in [4.69, 9.17) is 23.2 Å². The molecule has 98 valence electrons. The van der Waals surface area contributed by atoms with E-state index in [1.807, 2.05) is 19.9 Å². The summed E-state index contributed by atoms with van der Waals surface area (Å²) in [4.78, 5) is 14.7. The summed E-state index contributed by atoms with van der Waals surface area (Å²) in [7, 11) is 0. The number of fused-ring (bicyclic) bond motifs is 1. The maximum Gasteiger partial charge on any atom is 0.240 e. The molecule has 0 aliphatic heterocycles. The van der Waals surface area contributed by atoms with Gasteiger partial charge in [-0.2, -0.15) is 5.26 Å². The van der Waals surface area contributed by atoms with Crippen molar-refractivity contribution in [2.75, 3.05) is 0 Å². The molecular weight excluding hydrogens is 260 g/mol. The average Bonchev–Trinajstić information content (AvgIpc) is 2.66. The molecule has 1 atom stereocenters. The Labute approximate surface area is 115 Å². The third-order valence-corrected chi connectivity index (χ3v) is 3.37. The number of nitrogens with one attached hydrogen (secondary N) is 1. The van der Waals surface area contributed by atoms with Crippen LogP contribution in [-0.4, -0.2) is 15.5 Å². The third kappa shape index (κ3) is 2.13. The Hall–Kier alpha value is -2.13. The molecule has 1 unspecified atom stereocenters. The third-order valence-electron chi connectivity index (χ3n) is 3.07. The zero-order valence-electron chi connectivity index (χ0n) is 10.7. The molecule has 0 radical (unpaired) electrons. The fourth-order valence-corrected chi connectivity index (χ4v) is 2.59. The lowest BCUT2D eigenvalue weighted by molar-refractivity contribution is -0.122. The number of benzene rings is 1. The van der Waals surface area contributed by atoms with Crippen LogP contribution in [0.1, 0.15) is 25.5 Å². The molecule has 5 nitrogen and oxygen atoms in total. The molecule has 0 saturated carbocycles. The zero-order valence-corrected chi connectivity index (χ0v) is 11.5. The highest BCUT2D eigenvalue weighted by atomic mass is 32.1. The molecule has 1 heterocycles. The largest absolute Gasteiger partial charge is 0.368 e. The SMILES string of the molecule is CC(C)C(C(N)=O)n1c(=S)[nH]c2c(C#N)cccc21. The van der Waals surface area contributed by atoms with Gasteiger partial charge in [0.25, 0.3) is 0 Å². The van der Waals surface area contributed by atoms with E-state index < -0.39 is 11.9 Å². The molecule has 1 amide bonds. The van der Waals surface area contributed by atoms with Gasteiger partial charge in [-0.3, -0.25) is 4.79 Å². The number of H-pyrrole nitrogens is 1. The normalized spacial score (nSPS) is 12.5. The second-order valence-corrected chi connectivity index (χ2v) is 5.09. The van der Waals surface area contributed by atoms with Crippen LogP contribution in [0.25, 0.3) is 11.0 Å². The molecule has 0 saturated heterocycles. The van der Waals surface area contributed by atoms with Crippen molar-refractivity contribution in [1.82, 2.24) is 9.55 Å². The first-order valence-corrected chi connectivity index (χ1v) is 6.30. The summed E-state index contributed by atoms with van der Waals surface area (Å²) in [6.07, 6.45) is 0. The number of nitriles is 1. The van der Waals surface area contributed by atoms with Crippen LogP contribution >= 0.6 is 12.2 Å². The van der Waals surface area contributed by atoms with Gasteiger partial charge in [-0.15, -0.1) is 0 Å². The van der Waals surface area contributed by atoms with Crippen LogP contribution in [0, 0.1) is 22.0 Å². The van der Waals surface area contributed by atoms with Crippen LogP contribution in [0.2, 0.25) is 0 Å². The minimum absolute atomic E-state index is 0.00828. The Bertz CT molecular complexity index is 735. The van der Waals surface area contributed by atoms with Gasteiger partial charge in [0, 0.05) is 0 Å². The van der Waals surface area contributed by atoms with Crippen molar-refractivity contribution >= 4 is 29.2 Å². The van der Waals surface area contributed by atoms with Gasteiger partial charge in [-0.25, -0.2) is 0 Å². The number of primary amides is 1. The number of rotatable bonds is 3. The van der Waals surface area contributed by atoms with Crippen LogP contribution in [-0.2, 0) is 4.79 Å². The summed E-state index contributed by atoms with van der Waals surface area (Å²) < 4.78 is 2.09. The van der Waals surface area contributed by atoms with Crippen LogP contribution in [0.5, 0.6) is 0 Å². The number of aromatic nitrogens is 2. The van der Waals surface area contributed by atoms with Crippen molar-refractivity contribution in [1.29, 1.82) is 5.26 Å². The van der Waals surface area contributed by atoms with Crippen molar-refractivity contribution in [3.05, 3.63) is 28.5 Å². The van der Waals surface area contributed by atoms with Crippen molar-refractivity contribution in [3.8, 4) is 6.07 Å². The zero-order chi connectivity index (χ0) is 14.2. The monoisotopic (exact) mass is 274 g/mol. The molecule has 2 rings (SSSR count). The van der Waals surface area contributed by atoms with Gasteiger partial charge in [0.15, 0.2) is 4.77 Å². The molecule has 1 aromatic carbocycles. The van der Waals surface area contributed by atoms with Crippen molar-refractivity contribution in [2.24, 2.45) is 11.7 Å². The smallest absolute Gasteiger partial charge is 0.240 e. The van der Waals surface area contributed by atoms with Gasteiger partial charge in [0.2, 0.25) is 5.91 Å². The van der Waals surface area contributed by atoms with Crippen LogP contribution < -0.4 is 5.73 Å². The fraction of sp³-hybridized carbons (Fsp3) is 0.308. The molecular formula is C13H14N4OS. The lowest BCUT2D eigenvalue weighted by Crippen LogP contribution is -2.30. The van der Waals surface area contributed by atoms with E-state index in [1.165, 1.54) is 0 Å². The van der Waals surface area contributed by atoms with E-state index >= 15 is 0 Å². The highest BCUT2D eigenvalue weighted by molar-refractivity contribution is 7.71. The van der Waals surface area contributed by atoms with Gasteiger partial charge in [-0.05, 0) is 30.3 Å². The van der Waals surface area contributed by atoms with Gasteiger partial charge >= 0.3 is 0 Å². The van der Waals surface area contributed by atoms with E-state index in [0.29, 0.717) is 15.9 Å². The lowest BCUT2D eigenvalue weighted by atomic mass is 10.0. The maximum absolute atomic E-state index is 11.7. The molecule has 0 bridgehead atoms. The summed E-state index contributed by atoms with van der Waals surface area (Å²) in [5.74, 6) is -0.427. The van der Waals surface area contributed by atoms with Crippen molar-refractivity contribution < 1.29 is 4.79 Å². The van der Waals surface area contributed by atoms with E-state index in [0.717, 1.165) is 5.52 Å². The number of carbonyl (C=O) groups is 1. The Balaban J connectivity index is 2.81. The number of amides is 1. The van der Waals surface area contributed by atoms with Gasteiger partial charge < -0.3 is 15.3 Å². The first-order chi connectivity index (χ1) is 8.97. The molecule has 0 fully saturated rings. The quantitative estimate of drug-likeness (QED) is 0.841. The van der Waals surface area contributed by atoms with Crippen LogP contribution in [0.4, 0.5) is 0 Å². The molecule has 0 aliphatic carbocycles. The highest BCUT2D eigenvalue weighted by Gasteiger charge is 2.24. The number of nitrogens with two attached hydrogens (primary N) is 1. The summed E-state index contributed by atoms with van der Waals surface area (Å²) in [6.45, 7) is 3.81. The van der Waals surface area contributed by atoms with Gasteiger partial charge in [0.1, 0.15) is 12.1 Å². The number of hydrogen-bond acceptors (Lipinski definition) is 3. The number of para-hydroxylation sites is 1. The molecule has 3 N–H and O–H groups in total. The van der Waals surface area contributed by atoms with Crippen LogP contribution in [0.3, 0.4) is 0 Å². The Morgan fingerprint density at radius 2 is 2.21 bits per heavy atom. The number of hydrogen-bond donors (Lipinski definition) is 2. The molecule has 0 spiro atoms. The predicted octanol–water partition coefficient (Wildman–Crippen LogP) is 2.25. The molecule has 1 aromatic heterocycles. The lowest BCUT2D eigenvalue weighted by Gasteiger charge is -2.19. The Kier molecular flexibility index (Phi) is 3.40. The van der Waals surface area contributed by atoms with Crippen molar-refractivity contribution in [2.45, 2.75) is 19.9 Å². The van der Waals surface area contributed by atoms with E-state index in [2.05, 4.69) is 11.1 Å². The Morgan fingerprint density at radius 3 is 2.74 bits per heavy atom. The second-order valence-electron chi connectivity index (χ2n) is 4.70. The minimum atomic E-state index is -0.532. The number of imidazole rings is 1. The summed E-state index contributed by atoms with van der Waals surface area (Å²) in [5.41, 5.74) is 7.33. The fourth-order valence-electron chi connectivity index (χ4n) is 2.27. The number of aromatic amines is 1. The molecule has 6 heteroatoms. The molecule has 2 aromatic rings. The molecule has 19 heavy (non-hydrogen) atoms. The number of carbonyl (C=O) groups excluding carboxylic acids is 1. The molecule has 0 aliphatic rings. The highest BCUT2D eigenvalue weighted by Crippen LogP contribution is 2.26. The first-order valence-electron chi connectivity index (χ1n) is 5.90. The summed E-state index contributed by atoms with van der Waals surface area (Å²) >= 11 is 5.27. The van der Waals surface area contributed by atoms with E-state index in [9.17, 15) is 4.79 Å². The van der Waals surface area contributed by atoms with E-state index in [1.54, 1.807) is 16.7 Å². The second kappa shape index (κ2) is 4.86. The average molecular weight is 274 g/mol.